The first-order chi connectivity index (χ1) is 12.6. The number of pyridine rings is 1. The lowest BCUT2D eigenvalue weighted by molar-refractivity contribution is 0.0949. The fourth-order valence-electron chi connectivity index (χ4n) is 2.53. The molecule has 2 N–H and O–H groups in total. The lowest BCUT2D eigenvalue weighted by Gasteiger charge is -2.10. The molecule has 0 spiro atoms. The van der Waals surface area contributed by atoms with E-state index in [0.29, 0.717) is 17.3 Å². The molecule has 0 saturated carbocycles. The third kappa shape index (κ3) is 4.83. The number of carbonyl (C=O) groups is 1. The van der Waals surface area contributed by atoms with Crippen molar-refractivity contribution in [2.24, 2.45) is 0 Å². The van der Waals surface area contributed by atoms with Crippen LogP contribution in [0.3, 0.4) is 0 Å². The average molecular weight is 366 g/mol. The molecule has 1 aromatic heterocycles. The van der Waals surface area contributed by atoms with Crippen molar-refractivity contribution in [3.8, 4) is 0 Å². The molecule has 26 heavy (non-hydrogen) atoms. The van der Waals surface area contributed by atoms with E-state index in [4.69, 9.17) is 11.6 Å². The molecule has 0 fully saturated rings. The van der Waals surface area contributed by atoms with Gasteiger partial charge in [0.25, 0.3) is 5.91 Å². The molecular weight excluding hydrogens is 346 g/mol. The fourth-order valence-corrected chi connectivity index (χ4v) is 2.66. The maximum atomic E-state index is 12.2. The maximum absolute atomic E-state index is 12.2. The monoisotopic (exact) mass is 365 g/mol. The standard InChI is InChI=1S/C21H20ClN3O/c1-15-4-2-3-5-19(15)25-18-10-11-20(24-14-18)21(26)23-13-12-16-6-8-17(22)9-7-16/h2-11,14,25H,12-13H2,1H3,(H,23,26). The maximum Gasteiger partial charge on any atom is 0.269 e. The van der Waals surface area contributed by atoms with Gasteiger partial charge in [-0.2, -0.15) is 0 Å². The number of hydrogen-bond donors (Lipinski definition) is 2. The molecule has 0 bridgehead atoms. The van der Waals surface area contributed by atoms with E-state index in [9.17, 15) is 4.79 Å². The summed E-state index contributed by atoms with van der Waals surface area (Å²) in [7, 11) is 0. The van der Waals surface area contributed by atoms with Crippen LogP contribution in [0.25, 0.3) is 0 Å². The van der Waals surface area contributed by atoms with Crippen LogP contribution >= 0.6 is 11.6 Å². The van der Waals surface area contributed by atoms with Crippen LogP contribution in [-0.4, -0.2) is 17.4 Å². The predicted octanol–water partition coefficient (Wildman–Crippen LogP) is 4.76. The molecule has 1 heterocycles. The Labute approximate surface area is 158 Å². The van der Waals surface area contributed by atoms with Crippen molar-refractivity contribution in [3.63, 3.8) is 0 Å². The Hall–Kier alpha value is -2.85. The highest BCUT2D eigenvalue weighted by Crippen LogP contribution is 2.19. The molecule has 0 aliphatic heterocycles. The number of aromatic nitrogens is 1. The van der Waals surface area contributed by atoms with Gasteiger partial charge in [-0.3, -0.25) is 4.79 Å². The van der Waals surface area contributed by atoms with E-state index in [0.717, 1.165) is 28.9 Å². The number of benzene rings is 2. The van der Waals surface area contributed by atoms with Crippen molar-refractivity contribution >= 4 is 28.9 Å². The van der Waals surface area contributed by atoms with Gasteiger partial charge in [-0.25, -0.2) is 4.98 Å². The molecular formula is C21H20ClN3O. The van der Waals surface area contributed by atoms with Crippen LogP contribution in [0.5, 0.6) is 0 Å². The van der Waals surface area contributed by atoms with E-state index >= 15 is 0 Å². The summed E-state index contributed by atoms with van der Waals surface area (Å²) in [5, 5.41) is 6.90. The lowest BCUT2D eigenvalue weighted by atomic mass is 10.1. The third-order valence-electron chi connectivity index (χ3n) is 4.03. The second kappa shape index (κ2) is 8.50. The van der Waals surface area contributed by atoms with E-state index in [2.05, 4.69) is 15.6 Å². The lowest BCUT2D eigenvalue weighted by Crippen LogP contribution is -2.26. The van der Waals surface area contributed by atoms with Crippen LogP contribution in [0.4, 0.5) is 11.4 Å². The summed E-state index contributed by atoms with van der Waals surface area (Å²) in [5.74, 6) is -0.179. The highest BCUT2D eigenvalue weighted by molar-refractivity contribution is 6.30. The first kappa shape index (κ1) is 18.0. The minimum absolute atomic E-state index is 0.179. The van der Waals surface area contributed by atoms with Crippen molar-refractivity contribution in [1.29, 1.82) is 0 Å². The van der Waals surface area contributed by atoms with Crippen molar-refractivity contribution < 1.29 is 4.79 Å². The normalized spacial score (nSPS) is 10.4. The Kier molecular flexibility index (Phi) is 5.87. The van der Waals surface area contributed by atoms with Crippen molar-refractivity contribution in [3.05, 3.63) is 88.7 Å². The Morgan fingerprint density at radius 1 is 1.04 bits per heavy atom. The first-order valence-electron chi connectivity index (χ1n) is 8.43. The molecule has 0 atom stereocenters. The summed E-state index contributed by atoms with van der Waals surface area (Å²) in [6.07, 6.45) is 2.41. The molecule has 2 aromatic carbocycles. The number of hydrogen-bond acceptors (Lipinski definition) is 3. The zero-order valence-electron chi connectivity index (χ0n) is 14.5. The van der Waals surface area contributed by atoms with Gasteiger partial charge in [0.05, 0.1) is 11.9 Å². The van der Waals surface area contributed by atoms with E-state index in [1.165, 1.54) is 0 Å². The predicted molar refractivity (Wildman–Crippen MR) is 106 cm³/mol. The van der Waals surface area contributed by atoms with Gasteiger partial charge in [0.2, 0.25) is 0 Å². The third-order valence-corrected chi connectivity index (χ3v) is 4.28. The van der Waals surface area contributed by atoms with Crippen molar-refractivity contribution in [2.45, 2.75) is 13.3 Å². The van der Waals surface area contributed by atoms with Crippen LogP contribution in [0.1, 0.15) is 21.6 Å². The molecule has 3 aromatic rings. The number of nitrogens with zero attached hydrogens (tertiary/aromatic N) is 1. The Morgan fingerprint density at radius 3 is 2.50 bits per heavy atom. The summed E-state index contributed by atoms with van der Waals surface area (Å²) < 4.78 is 0. The summed E-state index contributed by atoms with van der Waals surface area (Å²) in [6.45, 7) is 2.59. The minimum atomic E-state index is -0.179. The second-order valence-corrected chi connectivity index (χ2v) is 6.44. The zero-order chi connectivity index (χ0) is 18.4. The van der Waals surface area contributed by atoms with Gasteiger partial charge in [-0.05, 0) is 54.8 Å². The van der Waals surface area contributed by atoms with E-state index < -0.39 is 0 Å². The van der Waals surface area contributed by atoms with E-state index in [-0.39, 0.29) is 5.91 Å². The van der Waals surface area contributed by atoms with Crippen LogP contribution < -0.4 is 10.6 Å². The average Bonchev–Trinajstić information content (AvgIpc) is 2.66. The quantitative estimate of drug-likeness (QED) is 0.662. The molecule has 5 heteroatoms. The Bertz CT molecular complexity index is 877. The number of halogens is 1. The Balaban J connectivity index is 1.53. The van der Waals surface area contributed by atoms with Crippen LogP contribution in [0.15, 0.2) is 66.9 Å². The number of carbonyl (C=O) groups excluding carboxylic acids is 1. The van der Waals surface area contributed by atoms with Crippen LogP contribution in [-0.2, 0) is 6.42 Å². The van der Waals surface area contributed by atoms with Gasteiger partial charge in [0.1, 0.15) is 5.69 Å². The summed E-state index contributed by atoms with van der Waals surface area (Å²) in [6, 6.07) is 19.2. The molecule has 0 aliphatic rings. The van der Waals surface area contributed by atoms with Crippen molar-refractivity contribution in [2.75, 3.05) is 11.9 Å². The highest BCUT2D eigenvalue weighted by atomic mass is 35.5. The molecule has 0 unspecified atom stereocenters. The van der Waals surface area contributed by atoms with Gasteiger partial charge in [0, 0.05) is 17.3 Å². The summed E-state index contributed by atoms with van der Waals surface area (Å²) in [5.41, 5.74) is 4.54. The van der Waals surface area contributed by atoms with Gasteiger partial charge in [-0.1, -0.05) is 41.9 Å². The largest absolute Gasteiger partial charge is 0.354 e. The molecule has 0 radical (unpaired) electrons. The number of anilines is 2. The highest BCUT2D eigenvalue weighted by Gasteiger charge is 2.07. The van der Waals surface area contributed by atoms with Gasteiger partial charge < -0.3 is 10.6 Å². The SMILES string of the molecule is Cc1ccccc1Nc1ccc(C(=O)NCCc2ccc(Cl)cc2)nc1. The van der Waals surface area contributed by atoms with E-state index in [1.807, 2.05) is 61.5 Å². The number of rotatable bonds is 6. The number of aryl methyl sites for hydroxylation is 1. The molecule has 3 rings (SSSR count). The summed E-state index contributed by atoms with van der Waals surface area (Å²) >= 11 is 5.87. The molecule has 4 nitrogen and oxygen atoms in total. The molecule has 0 aliphatic carbocycles. The van der Waals surface area contributed by atoms with Gasteiger partial charge >= 0.3 is 0 Å². The molecule has 0 saturated heterocycles. The van der Waals surface area contributed by atoms with Gasteiger partial charge in [0.15, 0.2) is 0 Å². The van der Waals surface area contributed by atoms with Crippen LogP contribution in [0, 0.1) is 6.92 Å². The van der Waals surface area contributed by atoms with Gasteiger partial charge in [-0.15, -0.1) is 0 Å². The smallest absolute Gasteiger partial charge is 0.269 e. The molecule has 132 valence electrons. The van der Waals surface area contributed by atoms with Crippen molar-refractivity contribution in [1.82, 2.24) is 10.3 Å². The topological polar surface area (TPSA) is 54.0 Å². The first-order valence-corrected chi connectivity index (χ1v) is 8.81. The number of para-hydroxylation sites is 1. The number of nitrogens with one attached hydrogen (secondary N) is 2. The fraction of sp³-hybridized carbons (Fsp3) is 0.143. The minimum Gasteiger partial charge on any atom is -0.354 e. The zero-order valence-corrected chi connectivity index (χ0v) is 15.3. The Morgan fingerprint density at radius 2 is 1.81 bits per heavy atom. The molecule has 1 amide bonds. The van der Waals surface area contributed by atoms with E-state index in [1.54, 1.807) is 12.3 Å². The van der Waals surface area contributed by atoms with Crippen LogP contribution in [0.2, 0.25) is 5.02 Å². The second-order valence-electron chi connectivity index (χ2n) is 6.00. The summed E-state index contributed by atoms with van der Waals surface area (Å²) in [4.78, 5) is 16.4. The number of amides is 1.